The van der Waals surface area contributed by atoms with Crippen molar-refractivity contribution in [2.45, 2.75) is 38.5 Å². The predicted octanol–water partition coefficient (Wildman–Crippen LogP) is 1.39. The molecule has 17 heavy (non-hydrogen) atoms. The zero-order chi connectivity index (χ0) is 12.5. The molecule has 0 aromatic heterocycles. The number of carbonyl (C=O) groups is 1. The van der Waals surface area contributed by atoms with Gasteiger partial charge in [-0.05, 0) is 31.7 Å². The number of methoxy groups -OCH3 is 1. The molecule has 0 bridgehead atoms. The number of nitrogens with two attached hydrogens (primary N) is 1. The van der Waals surface area contributed by atoms with Crippen molar-refractivity contribution in [1.82, 2.24) is 4.90 Å². The van der Waals surface area contributed by atoms with Gasteiger partial charge in [0.25, 0.3) is 0 Å². The maximum atomic E-state index is 12.1. The summed E-state index contributed by atoms with van der Waals surface area (Å²) in [4.78, 5) is 14.1. The van der Waals surface area contributed by atoms with Crippen molar-refractivity contribution in [2.24, 2.45) is 11.7 Å². The van der Waals surface area contributed by atoms with Gasteiger partial charge in [-0.1, -0.05) is 12.8 Å². The lowest BCUT2D eigenvalue weighted by molar-refractivity contribution is -0.132. The van der Waals surface area contributed by atoms with Crippen LogP contribution in [0.2, 0.25) is 0 Å². The van der Waals surface area contributed by atoms with Crippen molar-refractivity contribution < 1.29 is 9.53 Å². The maximum Gasteiger partial charge on any atom is 0.222 e. The van der Waals surface area contributed by atoms with E-state index in [0.29, 0.717) is 32.0 Å². The van der Waals surface area contributed by atoms with Crippen LogP contribution in [0.4, 0.5) is 0 Å². The lowest BCUT2D eigenvalue weighted by Crippen LogP contribution is -2.36. The Morgan fingerprint density at radius 1 is 1.35 bits per heavy atom. The van der Waals surface area contributed by atoms with Crippen LogP contribution < -0.4 is 5.73 Å². The van der Waals surface area contributed by atoms with Crippen LogP contribution in [0, 0.1) is 5.92 Å². The molecule has 0 heterocycles. The van der Waals surface area contributed by atoms with Gasteiger partial charge < -0.3 is 15.4 Å². The molecule has 0 atom stereocenters. The third-order valence-corrected chi connectivity index (χ3v) is 3.49. The van der Waals surface area contributed by atoms with Crippen molar-refractivity contribution in [3.8, 4) is 0 Å². The first kappa shape index (κ1) is 14.5. The number of hydrogen-bond acceptors (Lipinski definition) is 3. The minimum atomic E-state index is 0.280. The van der Waals surface area contributed by atoms with E-state index in [0.717, 1.165) is 13.0 Å². The van der Waals surface area contributed by atoms with E-state index in [1.807, 2.05) is 4.90 Å². The zero-order valence-electron chi connectivity index (χ0n) is 11.0. The second kappa shape index (κ2) is 8.48. The Labute approximate surface area is 104 Å². The number of amides is 1. The van der Waals surface area contributed by atoms with Gasteiger partial charge in [0.2, 0.25) is 5.91 Å². The molecule has 0 aromatic carbocycles. The summed E-state index contributed by atoms with van der Waals surface area (Å²) in [6.45, 7) is 2.72. The molecule has 4 nitrogen and oxygen atoms in total. The second-order valence-electron chi connectivity index (χ2n) is 4.87. The van der Waals surface area contributed by atoms with Crippen LogP contribution >= 0.6 is 0 Å². The van der Waals surface area contributed by atoms with Crippen molar-refractivity contribution >= 4 is 5.91 Å². The van der Waals surface area contributed by atoms with E-state index >= 15 is 0 Å². The number of rotatable bonds is 8. The molecule has 0 aromatic rings. The zero-order valence-corrected chi connectivity index (χ0v) is 11.0. The van der Waals surface area contributed by atoms with E-state index in [2.05, 4.69) is 0 Å². The second-order valence-corrected chi connectivity index (χ2v) is 4.87. The fraction of sp³-hybridized carbons (Fsp3) is 0.923. The highest BCUT2D eigenvalue weighted by molar-refractivity contribution is 5.76. The van der Waals surface area contributed by atoms with Gasteiger partial charge >= 0.3 is 0 Å². The molecule has 1 aliphatic carbocycles. The molecule has 0 radical (unpaired) electrons. The highest BCUT2D eigenvalue weighted by Crippen LogP contribution is 2.27. The van der Waals surface area contributed by atoms with Gasteiger partial charge in [0.05, 0.1) is 6.61 Å². The van der Waals surface area contributed by atoms with Crippen LogP contribution in [0.25, 0.3) is 0 Å². The Morgan fingerprint density at radius 3 is 2.65 bits per heavy atom. The molecule has 0 aliphatic heterocycles. The van der Waals surface area contributed by atoms with Crippen molar-refractivity contribution in [3.63, 3.8) is 0 Å². The van der Waals surface area contributed by atoms with Crippen molar-refractivity contribution in [2.75, 3.05) is 33.4 Å². The van der Waals surface area contributed by atoms with E-state index in [-0.39, 0.29) is 5.91 Å². The first-order valence-corrected chi connectivity index (χ1v) is 6.74. The smallest absolute Gasteiger partial charge is 0.222 e. The van der Waals surface area contributed by atoms with Crippen molar-refractivity contribution in [3.05, 3.63) is 0 Å². The number of nitrogens with zero attached hydrogens (tertiary/aromatic N) is 1. The molecule has 0 unspecified atom stereocenters. The van der Waals surface area contributed by atoms with E-state index < -0.39 is 0 Å². The lowest BCUT2D eigenvalue weighted by Gasteiger charge is -2.23. The molecule has 1 saturated carbocycles. The number of carbonyl (C=O) groups excluding carboxylic acids is 1. The maximum absolute atomic E-state index is 12.1. The van der Waals surface area contributed by atoms with E-state index in [9.17, 15) is 4.79 Å². The average Bonchev–Trinajstić information content (AvgIpc) is 2.82. The molecule has 4 heteroatoms. The summed E-state index contributed by atoms with van der Waals surface area (Å²) in [6, 6.07) is 0. The predicted molar refractivity (Wildman–Crippen MR) is 68.7 cm³/mol. The van der Waals surface area contributed by atoms with Gasteiger partial charge in [-0.15, -0.1) is 0 Å². The topological polar surface area (TPSA) is 55.6 Å². The Bertz CT molecular complexity index is 207. The highest BCUT2D eigenvalue weighted by Gasteiger charge is 2.21. The van der Waals surface area contributed by atoms with Gasteiger partial charge in [-0.25, -0.2) is 0 Å². The molecular weight excluding hydrogens is 216 g/mol. The Morgan fingerprint density at radius 2 is 2.06 bits per heavy atom. The molecule has 1 aliphatic rings. The largest absolute Gasteiger partial charge is 0.383 e. The first-order chi connectivity index (χ1) is 8.27. The van der Waals surface area contributed by atoms with E-state index in [4.69, 9.17) is 10.5 Å². The van der Waals surface area contributed by atoms with Crippen LogP contribution in [0.1, 0.15) is 38.5 Å². The standard InChI is InChI=1S/C13H26N2O2/c1-17-10-9-15(8-4-7-14)13(16)11-12-5-2-3-6-12/h12H,2-11,14H2,1H3. The first-order valence-electron chi connectivity index (χ1n) is 6.74. The van der Waals surface area contributed by atoms with Gasteiger partial charge in [0.1, 0.15) is 0 Å². The van der Waals surface area contributed by atoms with E-state index in [1.165, 1.54) is 25.7 Å². The molecule has 0 spiro atoms. The van der Waals surface area contributed by atoms with Crippen LogP contribution in [0.15, 0.2) is 0 Å². The lowest BCUT2D eigenvalue weighted by atomic mass is 10.0. The van der Waals surface area contributed by atoms with E-state index in [1.54, 1.807) is 7.11 Å². The van der Waals surface area contributed by atoms with Gasteiger partial charge in [-0.3, -0.25) is 4.79 Å². The number of ether oxygens (including phenoxy) is 1. The summed E-state index contributed by atoms with van der Waals surface area (Å²) >= 11 is 0. The normalized spacial score (nSPS) is 16.4. The molecular formula is C13H26N2O2. The quantitative estimate of drug-likeness (QED) is 0.700. The average molecular weight is 242 g/mol. The SMILES string of the molecule is COCCN(CCCN)C(=O)CC1CCCC1. The van der Waals surface area contributed by atoms with Crippen LogP contribution in [0.5, 0.6) is 0 Å². The molecule has 100 valence electrons. The Balaban J connectivity index is 2.34. The summed E-state index contributed by atoms with van der Waals surface area (Å²) in [5.74, 6) is 0.896. The minimum Gasteiger partial charge on any atom is -0.383 e. The van der Waals surface area contributed by atoms with Crippen LogP contribution in [-0.2, 0) is 9.53 Å². The fourth-order valence-electron chi connectivity index (χ4n) is 2.44. The summed E-state index contributed by atoms with van der Waals surface area (Å²) < 4.78 is 5.05. The fourth-order valence-corrected chi connectivity index (χ4v) is 2.44. The molecule has 1 rings (SSSR count). The molecule has 1 fully saturated rings. The number of hydrogen-bond donors (Lipinski definition) is 1. The van der Waals surface area contributed by atoms with Gasteiger partial charge in [0, 0.05) is 26.6 Å². The van der Waals surface area contributed by atoms with Gasteiger partial charge in [-0.2, -0.15) is 0 Å². The molecule has 2 N–H and O–H groups in total. The Hall–Kier alpha value is -0.610. The minimum absolute atomic E-state index is 0.280. The third kappa shape index (κ3) is 5.50. The molecule has 0 saturated heterocycles. The van der Waals surface area contributed by atoms with Crippen LogP contribution in [-0.4, -0.2) is 44.2 Å². The van der Waals surface area contributed by atoms with Crippen LogP contribution in [0.3, 0.4) is 0 Å². The van der Waals surface area contributed by atoms with Gasteiger partial charge in [0.15, 0.2) is 0 Å². The third-order valence-electron chi connectivity index (χ3n) is 3.49. The molecule has 1 amide bonds. The van der Waals surface area contributed by atoms with Crippen molar-refractivity contribution in [1.29, 1.82) is 0 Å². The summed E-state index contributed by atoms with van der Waals surface area (Å²) in [5.41, 5.74) is 5.50. The Kier molecular flexibility index (Phi) is 7.21. The summed E-state index contributed by atoms with van der Waals surface area (Å²) in [6.07, 6.45) is 6.62. The summed E-state index contributed by atoms with van der Waals surface area (Å²) in [5, 5.41) is 0. The summed E-state index contributed by atoms with van der Waals surface area (Å²) in [7, 11) is 1.67. The highest BCUT2D eigenvalue weighted by atomic mass is 16.5. The monoisotopic (exact) mass is 242 g/mol.